The van der Waals surface area contributed by atoms with Crippen molar-refractivity contribution in [3.63, 3.8) is 0 Å². The third-order valence-electron chi connectivity index (χ3n) is 0. The van der Waals surface area contributed by atoms with Gasteiger partial charge in [0, 0.05) is 37.4 Å². The fourth-order valence-corrected chi connectivity index (χ4v) is 0. The molecule has 2 nitrogen and oxygen atoms in total. The van der Waals surface area contributed by atoms with E-state index in [2.05, 4.69) is 11.6 Å². The predicted molar refractivity (Wildman–Crippen MR) is 19.6 cm³/mol. The van der Waals surface area contributed by atoms with Crippen LogP contribution in [0.2, 0.25) is 0 Å². The molecular formula is CHClInO2. The Morgan fingerprint density at radius 2 is 1.80 bits per heavy atom. The Kier molecular flexibility index (Phi) is 8.48. The second kappa shape index (κ2) is 4.63. The summed E-state index contributed by atoms with van der Waals surface area (Å²) in [5, 5.41) is 7.18. The third kappa shape index (κ3) is 80.7. The average Bonchev–Trinajstić information content (AvgIpc) is 0.811. The Labute approximate surface area is 52.9 Å². The van der Waals surface area contributed by atoms with Crippen LogP contribution >= 0.6 is 11.6 Å². The number of halogens is 1. The van der Waals surface area contributed by atoms with Crippen LogP contribution in [0.1, 0.15) is 0 Å². The molecule has 5 heavy (non-hydrogen) atoms. The topological polar surface area (TPSA) is 37.3 Å². The van der Waals surface area contributed by atoms with Crippen LogP contribution in [0.3, 0.4) is 0 Å². The van der Waals surface area contributed by atoms with E-state index in [9.17, 15) is 0 Å². The Balaban J connectivity index is 0. The van der Waals surface area contributed by atoms with Crippen LogP contribution in [0.4, 0.5) is 4.79 Å². The van der Waals surface area contributed by atoms with Crippen LogP contribution in [0.15, 0.2) is 0 Å². The van der Waals surface area contributed by atoms with Gasteiger partial charge in [-0.2, -0.15) is 0 Å². The molecule has 0 aliphatic rings. The van der Waals surface area contributed by atoms with Gasteiger partial charge in [-0.05, 0) is 0 Å². The number of carbonyl (C=O) groups is 1. The van der Waals surface area contributed by atoms with Gasteiger partial charge in [0.05, 0.1) is 0 Å². The molecule has 0 saturated carbocycles. The van der Waals surface area contributed by atoms with Gasteiger partial charge in [0.1, 0.15) is 0 Å². The molecule has 0 aromatic rings. The van der Waals surface area contributed by atoms with Gasteiger partial charge >= 0.3 is 5.43 Å². The Hall–Kier alpha value is 0.630. The summed E-state index contributed by atoms with van der Waals surface area (Å²) in [5.74, 6) is 0. The zero-order chi connectivity index (χ0) is 3.58. The third-order valence-corrected chi connectivity index (χ3v) is 0. The van der Waals surface area contributed by atoms with Gasteiger partial charge < -0.3 is 5.11 Å². The first-order chi connectivity index (χ1) is 1.73. The minimum absolute atomic E-state index is 0. The van der Waals surface area contributed by atoms with Gasteiger partial charge in [-0.1, -0.05) is 0 Å². The molecule has 0 atom stereocenters. The van der Waals surface area contributed by atoms with E-state index in [1.165, 1.54) is 0 Å². The summed E-state index contributed by atoms with van der Waals surface area (Å²) in [6.07, 6.45) is 0. The maximum absolute atomic E-state index is 8.77. The van der Waals surface area contributed by atoms with E-state index in [0.29, 0.717) is 0 Å². The molecular weight excluding hydrogens is 194 g/mol. The molecule has 0 rings (SSSR count). The monoisotopic (exact) mass is 195 g/mol. The van der Waals surface area contributed by atoms with E-state index in [4.69, 9.17) is 9.90 Å². The van der Waals surface area contributed by atoms with Gasteiger partial charge in [0.25, 0.3) is 0 Å². The number of rotatable bonds is 0. The zero-order valence-corrected chi connectivity index (χ0v) is 6.36. The number of hydrogen-bond donors (Lipinski definition) is 1. The first-order valence-corrected chi connectivity index (χ1v) is 0.995. The predicted octanol–water partition coefficient (Wildman–Crippen LogP) is 0.522. The van der Waals surface area contributed by atoms with Gasteiger partial charge in [-0.15, -0.1) is 0 Å². The molecule has 0 amide bonds. The van der Waals surface area contributed by atoms with Crippen molar-refractivity contribution in [1.29, 1.82) is 0 Å². The minimum atomic E-state index is -1.36. The number of hydrogen-bond acceptors (Lipinski definition) is 1. The molecule has 4 heteroatoms. The van der Waals surface area contributed by atoms with Crippen LogP contribution in [0.25, 0.3) is 0 Å². The smallest absolute Gasteiger partial charge is 0.401 e. The van der Waals surface area contributed by atoms with E-state index in [1.54, 1.807) is 0 Å². The molecule has 0 aliphatic carbocycles. The quantitative estimate of drug-likeness (QED) is 0.572. The van der Waals surface area contributed by atoms with Crippen molar-refractivity contribution in [2.45, 2.75) is 0 Å². The van der Waals surface area contributed by atoms with Gasteiger partial charge in [-0.3, -0.25) is 0 Å². The summed E-state index contributed by atoms with van der Waals surface area (Å²) in [5.41, 5.74) is -1.36. The number of carboxylic acid groups (broad SMARTS) is 1. The molecule has 1 N–H and O–H groups in total. The summed E-state index contributed by atoms with van der Waals surface area (Å²) in [6.45, 7) is 0. The summed E-state index contributed by atoms with van der Waals surface area (Å²) in [6, 6.07) is 0. The van der Waals surface area contributed by atoms with Crippen molar-refractivity contribution in [1.82, 2.24) is 0 Å². The first-order valence-electron chi connectivity index (χ1n) is 0.617. The van der Waals surface area contributed by atoms with Gasteiger partial charge in [0.15, 0.2) is 0 Å². The second-order valence-electron chi connectivity index (χ2n) is 0.253. The minimum Gasteiger partial charge on any atom is -0.469 e. The molecule has 0 bridgehead atoms. The van der Waals surface area contributed by atoms with Crippen molar-refractivity contribution in [2.24, 2.45) is 0 Å². The van der Waals surface area contributed by atoms with Crippen molar-refractivity contribution in [3.8, 4) is 0 Å². The Bertz CT molecular complexity index is 32.6. The van der Waals surface area contributed by atoms with Crippen molar-refractivity contribution >= 4 is 42.9 Å². The molecule has 0 spiro atoms. The van der Waals surface area contributed by atoms with Crippen LogP contribution in [-0.2, 0) is 0 Å². The average molecular weight is 195 g/mol. The molecule has 0 heterocycles. The normalized spacial score (nSPS) is 5.00. The summed E-state index contributed by atoms with van der Waals surface area (Å²) >= 11 is 4.19. The van der Waals surface area contributed by atoms with Crippen LogP contribution in [0.5, 0.6) is 0 Å². The Morgan fingerprint density at radius 3 is 1.80 bits per heavy atom. The van der Waals surface area contributed by atoms with Gasteiger partial charge in [0.2, 0.25) is 0 Å². The van der Waals surface area contributed by atoms with Crippen LogP contribution in [0, 0.1) is 0 Å². The Morgan fingerprint density at radius 1 is 1.80 bits per heavy atom. The fourth-order valence-electron chi connectivity index (χ4n) is 0. The van der Waals surface area contributed by atoms with Crippen LogP contribution in [-0.4, -0.2) is 36.4 Å². The molecule has 0 aromatic heterocycles. The second-order valence-corrected chi connectivity index (χ2v) is 0.576. The van der Waals surface area contributed by atoms with Crippen molar-refractivity contribution in [3.05, 3.63) is 0 Å². The van der Waals surface area contributed by atoms with E-state index >= 15 is 0 Å². The maximum atomic E-state index is 8.77. The van der Waals surface area contributed by atoms with Gasteiger partial charge in [-0.25, -0.2) is 4.79 Å². The SMILES string of the molecule is O=C(O)Cl.[In]. The summed E-state index contributed by atoms with van der Waals surface area (Å²) in [7, 11) is 0. The van der Waals surface area contributed by atoms with Crippen LogP contribution < -0.4 is 0 Å². The van der Waals surface area contributed by atoms with Crippen molar-refractivity contribution < 1.29 is 9.90 Å². The van der Waals surface area contributed by atoms with E-state index in [1.807, 2.05) is 0 Å². The fraction of sp³-hybridized carbons (Fsp3) is 0. The largest absolute Gasteiger partial charge is 0.469 e. The van der Waals surface area contributed by atoms with E-state index < -0.39 is 5.43 Å². The molecule has 0 unspecified atom stereocenters. The van der Waals surface area contributed by atoms with Crippen molar-refractivity contribution in [2.75, 3.05) is 0 Å². The molecule has 0 aliphatic heterocycles. The molecule has 0 fully saturated rings. The molecule has 3 radical (unpaired) electrons. The first kappa shape index (κ1) is 9.16. The summed E-state index contributed by atoms with van der Waals surface area (Å²) in [4.78, 5) is 8.77. The summed E-state index contributed by atoms with van der Waals surface area (Å²) < 4.78 is 0. The van der Waals surface area contributed by atoms with E-state index in [-0.39, 0.29) is 25.8 Å². The maximum Gasteiger partial charge on any atom is 0.401 e. The standard InChI is InChI=1S/CHClO2.In/c2-1(3)4;/h(H,3,4);. The molecule has 0 saturated heterocycles. The molecule has 0 aromatic carbocycles. The molecule has 27 valence electrons. The van der Waals surface area contributed by atoms with E-state index in [0.717, 1.165) is 0 Å². The zero-order valence-electron chi connectivity index (χ0n) is 2.31.